The first-order valence-electron chi connectivity index (χ1n) is 11.2. The van der Waals surface area contributed by atoms with E-state index in [2.05, 4.69) is 24.8 Å². The summed E-state index contributed by atoms with van der Waals surface area (Å²) in [5, 5.41) is 21.7. The van der Waals surface area contributed by atoms with Gasteiger partial charge in [0.15, 0.2) is 0 Å². The number of phenolic OH excluding ortho intramolecular Hbond substituents is 1. The Kier molecular flexibility index (Phi) is 4.88. The lowest BCUT2D eigenvalue weighted by Gasteiger charge is -2.54. The Balaban J connectivity index is 1.49. The molecule has 0 amide bonds. The molecule has 2 N–H and O–H groups in total. The summed E-state index contributed by atoms with van der Waals surface area (Å²) < 4.78 is 19.2. The molecule has 31 heavy (non-hydrogen) atoms. The second-order valence-corrected chi connectivity index (χ2v) is 9.76. The maximum absolute atomic E-state index is 13.2. The number of benzene rings is 2. The molecular formula is C27H29FO3. The van der Waals surface area contributed by atoms with Crippen LogP contribution >= 0.6 is 0 Å². The number of halogens is 1. The van der Waals surface area contributed by atoms with Crippen LogP contribution in [0.25, 0.3) is 0 Å². The SMILES string of the molecule is CO[C@@H]1Cc2cc(O)ccc2[C@H]2CC[C@@]3(C)[C@@H](CC[C@@]3(O)C#Cc3ccc(F)cc3)[C@@H]21. The van der Waals surface area contributed by atoms with E-state index in [9.17, 15) is 14.6 Å². The second-order valence-electron chi connectivity index (χ2n) is 9.76. The molecule has 3 aliphatic rings. The van der Waals surface area contributed by atoms with E-state index in [4.69, 9.17) is 4.74 Å². The maximum atomic E-state index is 13.2. The second kappa shape index (κ2) is 7.36. The summed E-state index contributed by atoms with van der Waals surface area (Å²) >= 11 is 0. The number of ether oxygens (including phenoxy) is 1. The molecule has 0 unspecified atom stereocenters. The zero-order chi connectivity index (χ0) is 21.8. The lowest BCUT2D eigenvalue weighted by molar-refractivity contribution is -0.0978. The van der Waals surface area contributed by atoms with Crippen molar-refractivity contribution in [1.29, 1.82) is 0 Å². The molecule has 0 radical (unpaired) electrons. The molecule has 2 aromatic carbocycles. The zero-order valence-corrected chi connectivity index (χ0v) is 18.1. The monoisotopic (exact) mass is 420 g/mol. The summed E-state index contributed by atoms with van der Waals surface area (Å²) in [5.74, 6) is 7.33. The number of phenols is 1. The summed E-state index contributed by atoms with van der Waals surface area (Å²) in [7, 11) is 1.77. The average molecular weight is 421 g/mol. The molecule has 2 fully saturated rings. The summed E-state index contributed by atoms with van der Waals surface area (Å²) in [5.41, 5.74) is 1.85. The van der Waals surface area contributed by atoms with E-state index in [1.54, 1.807) is 25.3 Å². The fraction of sp³-hybridized carbons (Fsp3) is 0.481. The number of aliphatic hydroxyl groups is 1. The van der Waals surface area contributed by atoms with Crippen LogP contribution in [-0.4, -0.2) is 29.0 Å². The third-order valence-electron chi connectivity index (χ3n) is 8.42. The molecule has 162 valence electrons. The Morgan fingerprint density at radius 3 is 2.61 bits per heavy atom. The molecule has 3 nitrogen and oxygen atoms in total. The topological polar surface area (TPSA) is 49.7 Å². The van der Waals surface area contributed by atoms with Crippen LogP contribution in [-0.2, 0) is 11.2 Å². The Labute approximate surface area is 183 Å². The first-order valence-corrected chi connectivity index (χ1v) is 11.2. The van der Waals surface area contributed by atoms with Crippen molar-refractivity contribution in [3.8, 4) is 17.6 Å². The largest absolute Gasteiger partial charge is 0.508 e. The van der Waals surface area contributed by atoms with Gasteiger partial charge in [0.05, 0.1) is 6.10 Å². The van der Waals surface area contributed by atoms with Crippen LogP contribution in [0.5, 0.6) is 5.75 Å². The van der Waals surface area contributed by atoms with Crippen LogP contribution in [0.2, 0.25) is 0 Å². The fourth-order valence-corrected chi connectivity index (χ4v) is 6.73. The number of hydrogen-bond acceptors (Lipinski definition) is 3. The highest BCUT2D eigenvalue weighted by molar-refractivity contribution is 5.43. The summed E-state index contributed by atoms with van der Waals surface area (Å²) in [6.45, 7) is 2.19. The molecule has 0 saturated heterocycles. The van der Waals surface area contributed by atoms with E-state index >= 15 is 0 Å². The van der Waals surface area contributed by atoms with E-state index in [0.717, 1.165) is 31.2 Å². The number of rotatable bonds is 1. The quantitative estimate of drug-likeness (QED) is 0.652. The van der Waals surface area contributed by atoms with Crippen LogP contribution < -0.4 is 0 Å². The summed E-state index contributed by atoms with van der Waals surface area (Å²) in [6.07, 6.45) is 4.27. The van der Waals surface area contributed by atoms with E-state index in [1.807, 2.05) is 6.07 Å². The molecular weight excluding hydrogens is 391 g/mol. The van der Waals surface area contributed by atoms with Crippen LogP contribution in [0.4, 0.5) is 4.39 Å². The van der Waals surface area contributed by atoms with Crippen molar-refractivity contribution < 1.29 is 19.3 Å². The van der Waals surface area contributed by atoms with Gasteiger partial charge in [0.25, 0.3) is 0 Å². The number of fused-ring (bicyclic) bond motifs is 5. The highest BCUT2D eigenvalue weighted by Gasteiger charge is 2.62. The van der Waals surface area contributed by atoms with Gasteiger partial charge in [-0.1, -0.05) is 24.8 Å². The number of hydrogen-bond donors (Lipinski definition) is 2. The molecule has 0 bridgehead atoms. The van der Waals surface area contributed by atoms with E-state index < -0.39 is 5.60 Å². The molecule has 4 heteroatoms. The van der Waals surface area contributed by atoms with Crippen LogP contribution in [0.15, 0.2) is 42.5 Å². The van der Waals surface area contributed by atoms with Crippen molar-refractivity contribution in [1.82, 2.24) is 0 Å². The predicted molar refractivity (Wildman–Crippen MR) is 117 cm³/mol. The molecule has 5 rings (SSSR count). The third-order valence-corrected chi connectivity index (χ3v) is 8.42. The Morgan fingerprint density at radius 2 is 1.87 bits per heavy atom. The third kappa shape index (κ3) is 3.18. The minimum Gasteiger partial charge on any atom is -0.508 e. The van der Waals surface area contributed by atoms with Crippen LogP contribution in [0.3, 0.4) is 0 Å². The minimum atomic E-state index is -1.06. The highest BCUT2D eigenvalue weighted by atomic mass is 19.1. The normalized spacial score (nSPS) is 36.0. The summed E-state index contributed by atoms with van der Waals surface area (Å²) in [6, 6.07) is 11.9. The van der Waals surface area contributed by atoms with Crippen molar-refractivity contribution in [2.24, 2.45) is 17.3 Å². The standard InChI is InChI=1S/C27H29FO3/c1-26-12-10-22-21-8-7-20(29)15-18(21)16-24(31-2)25(22)23(26)11-14-27(26,30)13-9-17-3-5-19(28)6-4-17/h3-8,15,22-25,29-30H,10-12,14,16H2,1-2H3/t22-,23+,24-,25-,26+,27+/m1/s1. The lowest BCUT2D eigenvalue weighted by Crippen LogP contribution is -2.53. The van der Waals surface area contributed by atoms with E-state index in [0.29, 0.717) is 29.9 Å². The van der Waals surface area contributed by atoms with Gasteiger partial charge in [-0.3, -0.25) is 0 Å². The average Bonchev–Trinajstić information content (AvgIpc) is 3.03. The fourth-order valence-electron chi connectivity index (χ4n) is 6.73. The van der Waals surface area contributed by atoms with Gasteiger partial charge in [-0.15, -0.1) is 0 Å². The van der Waals surface area contributed by atoms with Gasteiger partial charge in [-0.25, -0.2) is 4.39 Å². The molecule has 3 aliphatic carbocycles. The molecule has 2 saturated carbocycles. The summed E-state index contributed by atoms with van der Waals surface area (Å²) in [4.78, 5) is 0. The Bertz CT molecular complexity index is 1050. The zero-order valence-electron chi connectivity index (χ0n) is 18.1. The minimum absolute atomic E-state index is 0.0660. The van der Waals surface area contributed by atoms with Crippen LogP contribution in [0.1, 0.15) is 55.2 Å². The van der Waals surface area contributed by atoms with Crippen molar-refractivity contribution in [2.45, 2.75) is 56.7 Å². The van der Waals surface area contributed by atoms with Crippen molar-refractivity contribution in [2.75, 3.05) is 7.11 Å². The Hall–Kier alpha value is -2.35. The van der Waals surface area contributed by atoms with Gasteiger partial charge in [0.1, 0.15) is 17.2 Å². The molecule has 0 spiro atoms. The van der Waals surface area contributed by atoms with Crippen molar-refractivity contribution in [3.63, 3.8) is 0 Å². The first kappa shape index (κ1) is 20.5. The maximum Gasteiger partial charge on any atom is 0.131 e. The molecule has 6 atom stereocenters. The van der Waals surface area contributed by atoms with Gasteiger partial charge < -0.3 is 14.9 Å². The Morgan fingerprint density at radius 1 is 1.10 bits per heavy atom. The van der Waals surface area contributed by atoms with Crippen LogP contribution in [0, 0.1) is 34.9 Å². The lowest BCUT2D eigenvalue weighted by atomic mass is 9.52. The van der Waals surface area contributed by atoms with Gasteiger partial charge >= 0.3 is 0 Å². The molecule has 2 aromatic rings. The number of methoxy groups -OCH3 is 1. The van der Waals surface area contributed by atoms with E-state index in [-0.39, 0.29) is 17.3 Å². The highest BCUT2D eigenvalue weighted by Crippen LogP contribution is 2.64. The molecule has 0 aromatic heterocycles. The predicted octanol–water partition coefficient (Wildman–Crippen LogP) is 4.80. The van der Waals surface area contributed by atoms with Crippen molar-refractivity contribution >= 4 is 0 Å². The van der Waals surface area contributed by atoms with Crippen molar-refractivity contribution in [3.05, 3.63) is 65.0 Å². The van der Waals surface area contributed by atoms with Gasteiger partial charge in [0.2, 0.25) is 0 Å². The molecule has 0 aliphatic heterocycles. The van der Waals surface area contributed by atoms with Gasteiger partial charge in [-0.05, 0) is 97.4 Å². The van der Waals surface area contributed by atoms with Gasteiger partial charge in [0, 0.05) is 18.1 Å². The molecule has 0 heterocycles. The number of aromatic hydroxyl groups is 1. The first-order chi connectivity index (χ1) is 14.8. The van der Waals surface area contributed by atoms with E-state index in [1.165, 1.54) is 23.3 Å². The van der Waals surface area contributed by atoms with Gasteiger partial charge in [-0.2, -0.15) is 0 Å². The smallest absolute Gasteiger partial charge is 0.131 e.